The third-order valence-corrected chi connectivity index (χ3v) is 7.81. The molecule has 1 N–H and O–H groups in total. The van der Waals surface area contributed by atoms with Crippen molar-refractivity contribution >= 4 is 5.91 Å². The van der Waals surface area contributed by atoms with Gasteiger partial charge in [0.25, 0.3) is 0 Å². The van der Waals surface area contributed by atoms with E-state index in [0.717, 1.165) is 51.1 Å². The topological polar surface area (TPSA) is 50.8 Å². The van der Waals surface area contributed by atoms with Crippen LogP contribution in [0.3, 0.4) is 0 Å². The smallest absolute Gasteiger partial charge is 0.230 e. The van der Waals surface area contributed by atoms with Crippen molar-refractivity contribution in [1.82, 2.24) is 10.2 Å². The van der Waals surface area contributed by atoms with Crippen LogP contribution in [-0.2, 0) is 16.8 Å². The third kappa shape index (κ3) is 5.64. The molecule has 0 spiro atoms. The van der Waals surface area contributed by atoms with E-state index in [-0.39, 0.29) is 17.8 Å². The van der Waals surface area contributed by atoms with E-state index in [9.17, 15) is 9.18 Å². The van der Waals surface area contributed by atoms with Crippen molar-refractivity contribution in [1.29, 1.82) is 0 Å². The standard InChI is InChI=1S/C31H35FN2O3/c1-36-28-13-4-5-14-29(28)37-25-10-8-9-23(21-25)22-34-19-15-24(16-20-34)33-30(35)31(17-6-7-18-31)26-11-2-3-12-27(26)32/h2-5,8-14,21,24H,6-7,15-20,22H2,1H3,(H,33,35). The number of rotatable bonds is 8. The first-order valence-corrected chi connectivity index (χ1v) is 13.3. The largest absolute Gasteiger partial charge is 0.493 e. The fraction of sp³-hybridized carbons (Fsp3) is 0.387. The van der Waals surface area contributed by atoms with Crippen molar-refractivity contribution in [2.45, 2.75) is 56.5 Å². The van der Waals surface area contributed by atoms with Gasteiger partial charge in [0.1, 0.15) is 11.6 Å². The Morgan fingerprint density at radius 3 is 2.41 bits per heavy atom. The first kappa shape index (κ1) is 25.3. The number of nitrogens with one attached hydrogen (secondary N) is 1. The second-order valence-electron chi connectivity index (χ2n) is 10.2. The average molecular weight is 503 g/mol. The maximum Gasteiger partial charge on any atom is 0.230 e. The molecule has 0 atom stereocenters. The zero-order valence-electron chi connectivity index (χ0n) is 21.4. The molecule has 1 aliphatic heterocycles. The molecule has 1 heterocycles. The monoisotopic (exact) mass is 502 g/mol. The summed E-state index contributed by atoms with van der Waals surface area (Å²) >= 11 is 0. The molecule has 1 aliphatic carbocycles. The number of methoxy groups -OCH3 is 1. The van der Waals surface area contributed by atoms with Gasteiger partial charge in [0.15, 0.2) is 11.5 Å². The summed E-state index contributed by atoms with van der Waals surface area (Å²) in [7, 11) is 1.64. The summed E-state index contributed by atoms with van der Waals surface area (Å²) < 4.78 is 26.1. The molecule has 2 aliphatic rings. The summed E-state index contributed by atoms with van der Waals surface area (Å²) in [6, 6.07) is 22.7. The molecular weight excluding hydrogens is 467 g/mol. The van der Waals surface area contributed by atoms with Crippen molar-refractivity contribution in [3.63, 3.8) is 0 Å². The summed E-state index contributed by atoms with van der Waals surface area (Å²) in [6.45, 7) is 2.62. The third-order valence-electron chi connectivity index (χ3n) is 7.81. The minimum absolute atomic E-state index is 0.00487. The molecule has 3 aromatic rings. The van der Waals surface area contributed by atoms with Crippen LogP contribution >= 0.6 is 0 Å². The normalized spacial score (nSPS) is 17.9. The quantitative estimate of drug-likeness (QED) is 0.397. The van der Waals surface area contributed by atoms with Crippen LogP contribution < -0.4 is 14.8 Å². The molecule has 0 unspecified atom stereocenters. The Balaban J connectivity index is 1.17. The van der Waals surface area contributed by atoms with Gasteiger partial charge in [-0.1, -0.05) is 55.3 Å². The molecule has 5 rings (SSSR count). The molecular formula is C31H35FN2O3. The lowest BCUT2D eigenvalue weighted by Gasteiger charge is -2.35. The first-order chi connectivity index (χ1) is 18.1. The number of piperidine rings is 1. The van der Waals surface area contributed by atoms with E-state index in [1.807, 2.05) is 42.5 Å². The van der Waals surface area contributed by atoms with Crippen LogP contribution in [0.15, 0.2) is 72.8 Å². The second-order valence-corrected chi connectivity index (χ2v) is 10.2. The van der Waals surface area contributed by atoms with Crippen molar-refractivity contribution in [2.75, 3.05) is 20.2 Å². The molecule has 1 saturated heterocycles. The lowest BCUT2D eigenvalue weighted by atomic mass is 9.77. The Morgan fingerprint density at radius 2 is 1.68 bits per heavy atom. The van der Waals surface area contributed by atoms with E-state index in [1.54, 1.807) is 19.2 Å². The Labute approximate surface area is 218 Å². The number of ether oxygens (including phenoxy) is 2. The van der Waals surface area contributed by atoms with Gasteiger partial charge in [0.05, 0.1) is 12.5 Å². The van der Waals surface area contributed by atoms with Crippen molar-refractivity contribution in [3.05, 3.63) is 89.7 Å². The molecule has 194 valence electrons. The van der Waals surface area contributed by atoms with Crippen molar-refractivity contribution in [3.8, 4) is 17.2 Å². The lowest BCUT2D eigenvalue weighted by molar-refractivity contribution is -0.127. The van der Waals surface area contributed by atoms with E-state index in [1.165, 1.54) is 11.6 Å². The molecule has 2 fully saturated rings. The van der Waals surface area contributed by atoms with Gasteiger partial charge in [-0.2, -0.15) is 0 Å². The van der Waals surface area contributed by atoms with Crippen LogP contribution in [-0.4, -0.2) is 37.0 Å². The van der Waals surface area contributed by atoms with Crippen molar-refractivity contribution < 1.29 is 18.7 Å². The molecule has 3 aromatic carbocycles. The zero-order chi connectivity index (χ0) is 25.7. The maximum atomic E-state index is 14.7. The summed E-state index contributed by atoms with van der Waals surface area (Å²) in [5.74, 6) is 1.89. The van der Waals surface area contributed by atoms with E-state index in [2.05, 4.69) is 22.3 Å². The van der Waals surface area contributed by atoms with E-state index in [0.29, 0.717) is 29.9 Å². The van der Waals surface area contributed by atoms with Gasteiger partial charge in [-0.25, -0.2) is 4.39 Å². The van der Waals surface area contributed by atoms with Crippen LogP contribution in [0.25, 0.3) is 0 Å². The number of likely N-dealkylation sites (tertiary alicyclic amines) is 1. The van der Waals surface area contributed by atoms with Crippen molar-refractivity contribution in [2.24, 2.45) is 0 Å². The highest BCUT2D eigenvalue weighted by molar-refractivity contribution is 5.89. The summed E-state index contributed by atoms with van der Waals surface area (Å²) in [5, 5.41) is 3.29. The second kappa shape index (κ2) is 11.3. The van der Waals surface area contributed by atoms with Gasteiger partial charge < -0.3 is 14.8 Å². The maximum absolute atomic E-state index is 14.7. The predicted molar refractivity (Wildman–Crippen MR) is 142 cm³/mol. The SMILES string of the molecule is COc1ccccc1Oc1cccc(CN2CCC(NC(=O)C3(c4ccccc4F)CCCC3)CC2)c1. The fourth-order valence-electron chi connectivity index (χ4n) is 5.80. The minimum Gasteiger partial charge on any atom is -0.493 e. The number of benzene rings is 3. The Bertz CT molecular complexity index is 1220. The molecule has 6 heteroatoms. The molecule has 5 nitrogen and oxygen atoms in total. The van der Waals surface area contributed by atoms with Crippen LogP contribution in [0, 0.1) is 5.82 Å². The van der Waals surface area contributed by atoms with Crippen LogP contribution in [0.5, 0.6) is 17.2 Å². The molecule has 1 saturated carbocycles. The number of carbonyl (C=O) groups excluding carboxylic acids is 1. The average Bonchev–Trinajstić information content (AvgIpc) is 3.42. The minimum atomic E-state index is -0.732. The number of hydrogen-bond donors (Lipinski definition) is 1. The number of nitrogens with zero attached hydrogens (tertiary/aromatic N) is 1. The summed E-state index contributed by atoms with van der Waals surface area (Å²) in [6.07, 6.45) is 5.12. The number of amides is 1. The molecule has 1 amide bonds. The van der Waals surface area contributed by atoms with Gasteiger partial charge in [-0.3, -0.25) is 9.69 Å². The van der Waals surface area contributed by atoms with Gasteiger partial charge >= 0.3 is 0 Å². The van der Waals surface area contributed by atoms with Gasteiger partial charge in [-0.15, -0.1) is 0 Å². The molecule has 0 aromatic heterocycles. The molecule has 0 radical (unpaired) electrons. The highest BCUT2D eigenvalue weighted by Crippen LogP contribution is 2.42. The van der Waals surface area contributed by atoms with Crippen LogP contribution in [0.1, 0.15) is 49.7 Å². The summed E-state index contributed by atoms with van der Waals surface area (Å²) in [4.78, 5) is 15.9. The van der Waals surface area contributed by atoms with Gasteiger partial charge in [-0.05, 0) is 61.6 Å². The molecule has 37 heavy (non-hydrogen) atoms. The Hall–Kier alpha value is -3.38. The highest BCUT2D eigenvalue weighted by Gasteiger charge is 2.45. The van der Waals surface area contributed by atoms with E-state index >= 15 is 0 Å². The number of para-hydroxylation sites is 2. The molecule has 0 bridgehead atoms. The first-order valence-electron chi connectivity index (χ1n) is 13.3. The van der Waals surface area contributed by atoms with Gasteiger partial charge in [0, 0.05) is 31.2 Å². The number of hydrogen-bond acceptors (Lipinski definition) is 4. The number of carbonyl (C=O) groups is 1. The van der Waals surface area contributed by atoms with E-state index < -0.39 is 5.41 Å². The zero-order valence-corrected chi connectivity index (χ0v) is 21.4. The van der Waals surface area contributed by atoms with Crippen LogP contribution in [0.4, 0.5) is 4.39 Å². The van der Waals surface area contributed by atoms with Crippen LogP contribution in [0.2, 0.25) is 0 Å². The van der Waals surface area contributed by atoms with E-state index in [4.69, 9.17) is 9.47 Å². The number of halogens is 1. The van der Waals surface area contributed by atoms with Gasteiger partial charge in [0.2, 0.25) is 5.91 Å². The predicted octanol–water partition coefficient (Wildman–Crippen LogP) is 6.22. The Morgan fingerprint density at radius 1 is 0.973 bits per heavy atom. The Kier molecular flexibility index (Phi) is 7.75. The fourth-order valence-corrected chi connectivity index (χ4v) is 5.80. The highest BCUT2D eigenvalue weighted by atomic mass is 19.1. The summed E-state index contributed by atoms with van der Waals surface area (Å²) in [5.41, 5.74) is 1.00. The lowest BCUT2D eigenvalue weighted by Crippen LogP contribution is -2.50.